The van der Waals surface area contributed by atoms with Gasteiger partial charge in [0.15, 0.2) is 5.43 Å². The minimum Gasteiger partial charge on any atom is -0.463 e. The molecular weight excluding hydrogens is 441 g/mol. The van der Waals surface area contributed by atoms with E-state index in [4.69, 9.17) is 13.9 Å². The van der Waals surface area contributed by atoms with E-state index in [1.165, 1.54) is 55.7 Å². The number of halogens is 1. The summed E-state index contributed by atoms with van der Waals surface area (Å²) in [7, 11) is 0. The van der Waals surface area contributed by atoms with Gasteiger partial charge in [0.05, 0.1) is 10.9 Å². The highest BCUT2D eigenvalue weighted by atomic mass is 19.1. The molecule has 0 fully saturated rings. The van der Waals surface area contributed by atoms with Crippen molar-refractivity contribution in [2.75, 3.05) is 0 Å². The van der Waals surface area contributed by atoms with Gasteiger partial charge in [-0.2, -0.15) is 0 Å². The molecule has 0 saturated heterocycles. The predicted molar refractivity (Wildman–Crippen MR) is 123 cm³/mol. The number of ether oxygens (including phenoxy) is 2. The summed E-state index contributed by atoms with van der Waals surface area (Å²) in [6, 6.07) is 18.0. The van der Waals surface area contributed by atoms with Gasteiger partial charge in [0.2, 0.25) is 0 Å². The Labute approximate surface area is 193 Å². The van der Waals surface area contributed by atoms with Crippen LogP contribution in [0.2, 0.25) is 0 Å². The number of esters is 1. The monoisotopic (exact) mass is 461 g/mol. The van der Waals surface area contributed by atoms with Gasteiger partial charge < -0.3 is 19.2 Å². The molecule has 1 amide bonds. The number of fused-ring (bicyclic) bond motifs is 1. The molecule has 172 valence electrons. The van der Waals surface area contributed by atoms with Crippen LogP contribution < -0.4 is 15.5 Å². The summed E-state index contributed by atoms with van der Waals surface area (Å²) in [5.74, 6) is -0.990. The maximum Gasteiger partial charge on any atom is 0.408 e. The zero-order valence-electron chi connectivity index (χ0n) is 18.1. The first-order chi connectivity index (χ1) is 16.4. The third-order valence-electron chi connectivity index (χ3n) is 5.02. The summed E-state index contributed by atoms with van der Waals surface area (Å²) in [6.45, 7) is 1.53. The zero-order valence-corrected chi connectivity index (χ0v) is 18.1. The van der Waals surface area contributed by atoms with E-state index < -0.39 is 23.9 Å². The van der Waals surface area contributed by atoms with Crippen LogP contribution in [-0.4, -0.2) is 18.1 Å². The van der Waals surface area contributed by atoms with E-state index in [-0.39, 0.29) is 34.3 Å². The van der Waals surface area contributed by atoms with E-state index >= 15 is 0 Å². The minimum absolute atomic E-state index is 0.0675. The lowest BCUT2D eigenvalue weighted by atomic mass is 10.1. The van der Waals surface area contributed by atoms with Gasteiger partial charge in [0.1, 0.15) is 36.1 Å². The number of hydrogen-bond donors (Lipinski definition) is 1. The number of amides is 1. The van der Waals surface area contributed by atoms with Crippen molar-refractivity contribution in [3.63, 3.8) is 0 Å². The SMILES string of the molecule is C[C@H](NC(=O)OCc1ccccc1)C(=O)Oc1ccc2c(=O)c(-c3ccc(F)cc3)coc2c1. The Bertz CT molecular complexity index is 1380. The fourth-order valence-corrected chi connectivity index (χ4v) is 3.21. The molecule has 0 aliphatic heterocycles. The Morgan fingerprint density at radius 2 is 1.76 bits per heavy atom. The quantitative estimate of drug-likeness (QED) is 0.327. The van der Waals surface area contributed by atoms with Crippen molar-refractivity contribution < 1.29 is 27.9 Å². The Kier molecular flexibility index (Phi) is 6.68. The van der Waals surface area contributed by atoms with Gasteiger partial charge in [-0.3, -0.25) is 4.79 Å². The molecule has 0 aliphatic carbocycles. The third-order valence-corrected chi connectivity index (χ3v) is 5.02. The molecule has 4 rings (SSSR count). The first-order valence-corrected chi connectivity index (χ1v) is 10.4. The summed E-state index contributed by atoms with van der Waals surface area (Å²) < 4.78 is 29.1. The van der Waals surface area contributed by atoms with E-state index in [1.54, 1.807) is 0 Å². The number of nitrogens with one attached hydrogen (secondary N) is 1. The smallest absolute Gasteiger partial charge is 0.408 e. The topological polar surface area (TPSA) is 94.8 Å². The fourth-order valence-electron chi connectivity index (χ4n) is 3.21. The Morgan fingerprint density at radius 3 is 2.50 bits per heavy atom. The molecule has 1 heterocycles. The highest BCUT2D eigenvalue weighted by molar-refractivity contribution is 5.85. The van der Waals surface area contributed by atoms with E-state index in [9.17, 15) is 18.8 Å². The summed E-state index contributed by atoms with van der Waals surface area (Å²) in [6.07, 6.45) is 0.516. The van der Waals surface area contributed by atoms with E-state index in [1.807, 2.05) is 30.3 Å². The van der Waals surface area contributed by atoms with Crippen LogP contribution in [0.1, 0.15) is 12.5 Å². The first kappa shape index (κ1) is 22.7. The molecule has 0 saturated carbocycles. The lowest BCUT2D eigenvalue weighted by Gasteiger charge is -2.13. The van der Waals surface area contributed by atoms with Crippen molar-refractivity contribution in [2.24, 2.45) is 0 Å². The van der Waals surface area contributed by atoms with Crippen LogP contribution in [0.25, 0.3) is 22.1 Å². The zero-order chi connectivity index (χ0) is 24.1. The second-order valence-corrected chi connectivity index (χ2v) is 7.49. The molecule has 1 atom stereocenters. The van der Waals surface area contributed by atoms with Crippen LogP contribution in [0.15, 0.2) is 88.3 Å². The normalized spacial score (nSPS) is 11.6. The molecule has 8 heteroatoms. The fraction of sp³-hybridized carbons (Fsp3) is 0.115. The van der Waals surface area contributed by atoms with Crippen molar-refractivity contribution in [2.45, 2.75) is 19.6 Å². The van der Waals surface area contributed by atoms with Gasteiger partial charge in [-0.1, -0.05) is 42.5 Å². The number of alkyl carbamates (subject to hydrolysis) is 1. The van der Waals surface area contributed by atoms with Gasteiger partial charge >= 0.3 is 12.1 Å². The molecule has 0 aliphatic rings. The third kappa shape index (κ3) is 5.29. The number of rotatable bonds is 6. The van der Waals surface area contributed by atoms with Gasteiger partial charge in [-0.15, -0.1) is 0 Å². The van der Waals surface area contributed by atoms with Crippen LogP contribution in [0.5, 0.6) is 5.75 Å². The molecule has 0 unspecified atom stereocenters. The summed E-state index contributed by atoms with van der Waals surface area (Å²) in [5.41, 5.74) is 1.52. The Balaban J connectivity index is 1.40. The number of carbonyl (C=O) groups is 2. The molecule has 0 spiro atoms. The Hall–Kier alpha value is -4.46. The van der Waals surface area contributed by atoms with Gasteiger partial charge in [-0.05, 0) is 42.3 Å². The molecule has 4 aromatic rings. The van der Waals surface area contributed by atoms with E-state index in [0.717, 1.165) is 5.56 Å². The van der Waals surface area contributed by atoms with Gasteiger partial charge in [0.25, 0.3) is 0 Å². The summed E-state index contributed by atoms with van der Waals surface area (Å²) in [5, 5.41) is 2.69. The van der Waals surface area contributed by atoms with Crippen molar-refractivity contribution >= 4 is 23.0 Å². The largest absolute Gasteiger partial charge is 0.463 e. The molecule has 34 heavy (non-hydrogen) atoms. The number of hydrogen-bond acceptors (Lipinski definition) is 6. The van der Waals surface area contributed by atoms with Crippen LogP contribution in [0.3, 0.4) is 0 Å². The van der Waals surface area contributed by atoms with Crippen LogP contribution >= 0.6 is 0 Å². The summed E-state index contributed by atoms with van der Waals surface area (Å²) >= 11 is 0. The number of benzene rings is 3. The van der Waals surface area contributed by atoms with Crippen LogP contribution in [0, 0.1) is 5.82 Å². The maximum absolute atomic E-state index is 13.2. The van der Waals surface area contributed by atoms with Gasteiger partial charge in [-0.25, -0.2) is 14.0 Å². The predicted octanol–water partition coefficient (Wildman–Crippen LogP) is 4.82. The molecule has 1 aromatic heterocycles. The Morgan fingerprint density at radius 1 is 1.03 bits per heavy atom. The highest BCUT2D eigenvalue weighted by Crippen LogP contribution is 2.23. The highest BCUT2D eigenvalue weighted by Gasteiger charge is 2.19. The maximum atomic E-state index is 13.2. The number of carbonyl (C=O) groups excluding carboxylic acids is 2. The average molecular weight is 461 g/mol. The second kappa shape index (κ2) is 9.99. The molecule has 7 nitrogen and oxygen atoms in total. The van der Waals surface area contributed by atoms with E-state index in [0.29, 0.717) is 5.56 Å². The lowest BCUT2D eigenvalue weighted by Crippen LogP contribution is -2.41. The summed E-state index contributed by atoms with van der Waals surface area (Å²) in [4.78, 5) is 37.1. The first-order valence-electron chi connectivity index (χ1n) is 10.4. The van der Waals surface area contributed by atoms with Crippen molar-refractivity contribution in [3.05, 3.63) is 101 Å². The minimum atomic E-state index is -0.980. The van der Waals surface area contributed by atoms with Gasteiger partial charge in [0, 0.05) is 6.07 Å². The lowest BCUT2D eigenvalue weighted by molar-refractivity contribution is -0.136. The van der Waals surface area contributed by atoms with E-state index in [2.05, 4.69) is 5.32 Å². The van der Waals surface area contributed by atoms with Crippen LogP contribution in [-0.2, 0) is 16.1 Å². The van der Waals surface area contributed by atoms with Crippen molar-refractivity contribution in [3.8, 4) is 16.9 Å². The standard InChI is InChI=1S/C26H20FNO6/c1-16(28-26(31)33-14-17-5-3-2-4-6-17)25(30)34-20-11-12-21-23(13-20)32-15-22(24(21)29)18-7-9-19(27)10-8-18/h2-13,15-16H,14H2,1H3,(H,28,31)/t16-/m0/s1. The molecule has 0 radical (unpaired) electrons. The van der Waals surface area contributed by atoms with Crippen molar-refractivity contribution in [1.29, 1.82) is 0 Å². The average Bonchev–Trinajstić information content (AvgIpc) is 2.84. The second-order valence-electron chi connectivity index (χ2n) is 7.49. The molecule has 1 N–H and O–H groups in total. The van der Waals surface area contributed by atoms with Crippen molar-refractivity contribution in [1.82, 2.24) is 5.32 Å². The van der Waals surface area contributed by atoms with Crippen LogP contribution in [0.4, 0.5) is 9.18 Å². The molecular formula is C26H20FNO6. The molecule has 3 aromatic carbocycles. The molecule has 0 bridgehead atoms.